The van der Waals surface area contributed by atoms with Crippen molar-refractivity contribution >= 4 is 39.1 Å². The van der Waals surface area contributed by atoms with Crippen LogP contribution >= 0.6 is 11.3 Å². The summed E-state index contributed by atoms with van der Waals surface area (Å²) in [4.78, 5) is 33.3. The van der Waals surface area contributed by atoms with Gasteiger partial charge in [0.25, 0.3) is 0 Å². The molecule has 0 radical (unpaired) electrons. The molecule has 0 bridgehead atoms. The normalized spacial score (nSPS) is 17.5. The van der Waals surface area contributed by atoms with Crippen molar-refractivity contribution in [2.45, 2.75) is 27.2 Å². The van der Waals surface area contributed by atoms with Gasteiger partial charge in [-0.3, -0.25) is 9.59 Å². The number of carbonyl (C=O) groups is 2. The molecule has 1 fully saturated rings. The van der Waals surface area contributed by atoms with Crippen molar-refractivity contribution in [1.29, 1.82) is 0 Å². The Balaban J connectivity index is 1.61. The molecule has 1 aliphatic rings. The van der Waals surface area contributed by atoms with Crippen molar-refractivity contribution < 1.29 is 9.59 Å². The molecule has 6 nitrogen and oxygen atoms in total. The number of hydrogen-bond acceptors (Lipinski definition) is 5. The number of carbonyl (C=O) groups excluding carboxylic acids is 2. The van der Waals surface area contributed by atoms with Crippen LogP contribution in [0.2, 0.25) is 0 Å². The minimum absolute atomic E-state index is 0.000180. The summed E-state index contributed by atoms with van der Waals surface area (Å²) in [6, 6.07) is 5.88. The molecule has 1 aromatic carbocycles. The molecule has 0 spiro atoms. The van der Waals surface area contributed by atoms with Gasteiger partial charge in [-0.15, -0.1) is 11.3 Å². The molecule has 0 aliphatic carbocycles. The van der Waals surface area contributed by atoms with Gasteiger partial charge in [0.15, 0.2) is 0 Å². The Bertz CT molecular complexity index is 800. The van der Waals surface area contributed by atoms with Crippen molar-refractivity contribution in [2.75, 3.05) is 37.6 Å². The van der Waals surface area contributed by atoms with Crippen molar-refractivity contribution in [3.05, 3.63) is 23.2 Å². The summed E-state index contributed by atoms with van der Waals surface area (Å²) in [5.74, 6) is -0.314. The van der Waals surface area contributed by atoms with Gasteiger partial charge in [0.05, 0.1) is 21.1 Å². The summed E-state index contributed by atoms with van der Waals surface area (Å²) in [7, 11) is 0. The lowest BCUT2D eigenvalue weighted by atomic mass is 10.1. The smallest absolute Gasteiger partial charge is 0.227 e. The second-order valence-corrected chi connectivity index (χ2v) is 7.84. The van der Waals surface area contributed by atoms with Crippen molar-refractivity contribution in [2.24, 2.45) is 5.92 Å². The maximum Gasteiger partial charge on any atom is 0.227 e. The number of aromatic nitrogens is 1. The first-order valence-corrected chi connectivity index (χ1v) is 10.0. The average molecular weight is 375 g/mol. The Labute approximate surface area is 158 Å². The maximum absolute atomic E-state index is 12.4. The van der Waals surface area contributed by atoms with Gasteiger partial charge in [-0.25, -0.2) is 4.98 Å². The van der Waals surface area contributed by atoms with Crippen LogP contribution in [0.25, 0.3) is 10.2 Å². The van der Waals surface area contributed by atoms with Crippen LogP contribution in [-0.2, 0) is 9.59 Å². The molecule has 1 aromatic heterocycles. The number of hydrogen-bond donors (Lipinski definition) is 1. The minimum atomic E-state index is -0.285. The second kappa shape index (κ2) is 8.14. The molecule has 2 heterocycles. The second-order valence-electron chi connectivity index (χ2n) is 6.61. The van der Waals surface area contributed by atoms with E-state index in [1.807, 2.05) is 25.1 Å². The molecule has 7 heteroatoms. The minimum Gasteiger partial charge on any atom is -0.355 e. The first-order chi connectivity index (χ1) is 12.5. The van der Waals surface area contributed by atoms with Crippen LogP contribution in [0.1, 0.15) is 25.3 Å². The van der Waals surface area contributed by atoms with Crippen LogP contribution in [0.4, 0.5) is 5.69 Å². The molecular formula is C19H26N4O2S. The lowest BCUT2D eigenvalue weighted by Crippen LogP contribution is -2.38. The highest BCUT2D eigenvalue weighted by atomic mass is 32.1. The van der Waals surface area contributed by atoms with E-state index in [1.165, 1.54) is 0 Å². The average Bonchev–Trinajstić information content (AvgIpc) is 3.19. The van der Waals surface area contributed by atoms with Crippen molar-refractivity contribution in [3.63, 3.8) is 0 Å². The fraction of sp³-hybridized carbons (Fsp3) is 0.526. The molecule has 1 unspecified atom stereocenters. The van der Waals surface area contributed by atoms with Gasteiger partial charge in [-0.05, 0) is 38.2 Å². The molecule has 2 amide bonds. The lowest BCUT2D eigenvalue weighted by Gasteiger charge is -2.19. The molecule has 1 aliphatic heterocycles. The van der Waals surface area contributed by atoms with E-state index in [-0.39, 0.29) is 24.2 Å². The van der Waals surface area contributed by atoms with Gasteiger partial charge in [-0.2, -0.15) is 0 Å². The summed E-state index contributed by atoms with van der Waals surface area (Å²) < 4.78 is 1.11. The van der Waals surface area contributed by atoms with Gasteiger partial charge in [0.1, 0.15) is 0 Å². The Hall–Kier alpha value is -1.99. The predicted octanol–water partition coefficient (Wildman–Crippen LogP) is 2.42. The summed E-state index contributed by atoms with van der Waals surface area (Å²) in [6.07, 6.45) is 0.269. The molecule has 1 atom stereocenters. The molecule has 1 N–H and O–H groups in total. The van der Waals surface area contributed by atoms with E-state index in [0.717, 1.165) is 40.5 Å². The fourth-order valence-electron chi connectivity index (χ4n) is 3.35. The van der Waals surface area contributed by atoms with Crippen LogP contribution in [0.15, 0.2) is 18.2 Å². The maximum atomic E-state index is 12.4. The van der Waals surface area contributed by atoms with E-state index in [2.05, 4.69) is 29.0 Å². The van der Waals surface area contributed by atoms with E-state index in [9.17, 15) is 9.59 Å². The van der Waals surface area contributed by atoms with Crippen molar-refractivity contribution in [3.8, 4) is 0 Å². The number of anilines is 1. The number of likely N-dealkylation sites (N-methyl/N-ethyl adjacent to an activating group) is 1. The van der Waals surface area contributed by atoms with E-state index in [0.29, 0.717) is 13.1 Å². The molecule has 0 saturated carbocycles. The summed E-state index contributed by atoms with van der Waals surface area (Å²) in [5.41, 5.74) is 1.73. The van der Waals surface area contributed by atoms with E-state index < -0.39 is 0 Å². The number of amides is 2. The first kappa shape index (κ1) is 18.8. The number of nitrogens with one attached hydrogen (secondary N) is 1. The van der Waals surface area contributed by atoms with Crippen LogP contribution in [0.5, 0.6) is 0 Å². The van der Waals surface area contributed by atoms with Crippen molar-refractivity contribution in [1.82, 2.24) is 15.2 Å². The van der Waals surface area contributed by atoms with Crippen LogP contribution in [-0.4, -0.2) is 54.4 Å². The zero-order chi connectivity index (χ0) is 18.7. The third-order valence-electron chi connectivity index (χ3n) is 4.91. The molecule has 3 rings (SSSR count). The quantitative estimate of drug-likeness (QED) is 0.808. The predicted molar refractivity (Wildman–Crippen MR) is 106 cm³/mol. The fourth-order valence-corrected chi connectivity index (χ4v) is 4.16. The number of fused-ring (bicyclic) bond motifs is 1. The van der Waals surface area contributed by atoms with Gasteiger partial charge >= 0.3 is 0 Å². The lowest BCUT2D eigenvalue weighted by molar-refractivity contribution is -0.126. The zero-order valence-electron chi connectivity index (χ0n) is 15.6. The monoisotopic (exact) mass is 374 g/mol. The van der Waals surface area contributed by atoms with Gasteiger partial charge in [0, 0.05) is 31.7 Å². The topological polar surface area (TPSA) is 65.5 Å². The van der Waals surface area contributed by atoms with Gasteiger partial charge in [-0.1, -0.05) is 13.8 Å². The SMILES string of the molecule is CCN(CC)CCNC(=O)C1CC(=O)N(c2ccc3sc(C)nc3c2)C1. The molecule has 26 heavy (non-hydrogen) atoms. The number of aryl methyl sites for hydroxylation is 1. The van der Waals surface area contributed by atoms with E-state index >= 15 is 0 Å². The highest BCUT2D eigenvalue weighted by molar-refractivity contribution is 7.18. The Kier molecular flexibility index (Phi) is 5.88. The highest BCUT2D eigenvalue weighted by Crippen LogP contribution is 2.30. The van der Waals surface area contributed by atoms with E-state index in [1.54, 1.807) is 16.2 Å². The number of thiazole rings is 1. The van der Waals surface area contributed by atoms with Gasteiger partial charge < -0.3 is 15.1 Å². The summed E-state index contributed by atoms with van der Waals surface area (Å²) in [6.45, 7) is 10.0. The molecular weight excluding hydrogens is 348 g/mol. The Morgan fingerprint density at radius 1 is 1.38 bits per heavy atom. The first-order valence-electron chi connectivity index (χ1n) is 9.19. The zero-order valence-corrected chi connectivity index (χ0v) is 16.4. The standard InChI is InChI=1S/C19H26N4O2S/c1-4-22(5-2)9-8-20-19(25)14-10-18(24)23(12-14)15-6-7-17-16(11-15)21-13(3)26-17/h6-7,11,14H,4-5,8-10,12H2,1-3H3,(H,20,25). The molecule has 140 valence electrons. The van der Waals surface area contributed by atoms with Crippen LogP contribution < -0.4 is 10.2 Å². The molecule has 2 aromatic rings. The summed E-state index contributed by atoms with van der Waals surface area (Å²) in [5, 5.41) is 3.99. The number of rotatable bonds is 7. The molecule has 1 saturated heterocycles. The highest BCUT2D eigenvalue weighted by Gasteiger charge is 2.35. The Morgan fingerprint density at radius 3 is 2.88 bits per heavy atom. The van der Waals surface area contributed by atoms with Crippen LogP contribution in [0.3, 0.4) is 0 Å². The summed E-state index contributed by atoms with van der Waals surface area (Å²) >= 11 is 1.64. The van der Waals surface area contributed by atoms with E-state index in [4.69, 9.17) is 0 Å². The third-order valence-corrected chi connectivity index (χ3v) is 5.86. The largest absolute Gasteiger partial charge is 0.355 e. The Morgan fingerprint density at radius 2 is 2.15 bits per heavy atom. The number of nitrogens with zero attached hydrogens (tertiary/aromatic N) is 3. The number of benzene rings is 1. The third kappa shape index (κ3) is 4.04. The van der Waals surface area contributed by atoms with Crippen LogP contribution in [0, 0.1) is 12.8 Å². The van der Waals surface area contributed by atoms with Gasteiger partial charge in [0.2, 0.25) is 11.8 Å².